The van der Waals surface area contributed by atoms with E-state index in [9.17, 15) is 24.6 Å². The van der Waals surface area contributed by atoms with Crippen LogP contribution < -0.4 is 15.4 Å². The minimum absolute atomic E-state index is 0.0276. The van der Waals surface area contributed by atoms with Crippen LogP contribution in [-0.2, 0) is 24.2 Å². The van der Waals surface area contributed by atoms with Gasteiger partial charge in [0.1, 0.15) is 6.04 Å². The van der Waals surface area contributed by atoms with E-state index < -0.39 is 35.7 Å². The largest absolute Gasteiger partial charge is 0.481 e. The van der Waals surface area contributed by atoms with Crippen LogP contribution in [0.4, 0.5) is 9.59 Å². The molecule has 1 aliphatic rings. The highest BCUT2D eigenvalue weighted by atomic mass is 16.5. The van der Waals surface area contributed by atoms with Gasteiger partial charge >= 0.3 is 12.1 Å². The number of hydrogen-bond donors (Lipinski definition) is 4. The van der Waals surface area contributed by atoms with Gasteiger partial charge in [0.2, 0.25) is 11.8 Å². The number of nitrogens with one attached hydrogen (secondary N) is 2. The van der Waals surface area contributed by atoms with Gasteiger partial charge in [0.25, 0.3) is 0 Å². The quantitative estimate of drug-likeness (QED) is 0.0761. The Kier molecular flexibility index (Phi) is 14.0. The summed E-state index contributed by atoms with van der Waals surface area (Å²) in [7, 11) is 1.56. The first-order valence-electron chi connectivity index (χ1n) is 20.2. The Morgan fingerprint density at radius 3 is 1.97 bits per heavy atom. The third-order valence-corrected chi connectivity index (χ3v) is 11.0. The van der Waals surface area contributed by atoms with E-state index in [0.29, 0.717) is 31.9 Å². The van der Waals surface area contributed by atoms with Crippen molar-refractivity contribution in [3.63, 3.8) is 0 Å². The maximum Gasteiger partial charge on any atom is 0.404 e. The van der Waals surface area contributed by atoms with E-state index in [4.69, 9.17) is 4.74 Å². The third-order valence-electron chi connectivity index (χ3n) is 11.0. The summed E-state index contributed by atoms with van der Waals surface area (Å²) in [6, 6.07) is 40.1. The smallest absolute Gasteiger partial charge is 0.404 e. The van der Waals surface area contributed by atoms with Crippen molar-refractivity contribution in [2.45, 2.75) is 76.7 Å². The van der Waals surface area contributed by atoms with Crippen LogP contribution in [0.2, 0.25) is 0 Å². The van der Waals surface area contributed by atoms with E-state index in [2.05, 4.69) is 15.6 Å². The molecule has 2 heterocycles. The number of carbonyl (C=O) groups is 3. The zero-order valence-electron chi connectivity index (χ0n) is 34.2. The highest BCUT2D eigenvalue weighted by Crippen LogP contribution is 2.32. The Morgan fingerprint density at radius 2 is 1.36 bits per heavy atom. The van der Waals surface area contributed by atoms with Crippen molar-refractivity contribution in [1.82, 2.24) is 25.4 Å². The number of urea groups is 1. The molecule has 0 bridgehead atoms. The Bertz CT molecular complexity index is 2130. The molecule has 6 rings (SSSR count). The van der Waals surface area contributed by atoms with Crippen LogP contribution in [0.25, 0.3) is 11.3 Å². The maximum absolute atomic E-state index is 14.9. The standard InChI is InChI=1S/C48H55N5O6/c1-48(2,3)44(53-28-27-52(47(53)58)32-35-17-10-6-11-18-35)45(55)50-40(38(36-19-12-7-13-20-36)29-33-15-8-5-9-16-33)31-42(54)41(51-46(56)57)30-34-23-25-37(26-24-34)39-21-14-22-43(49-39)59-4/h5-26,38,40-42,44,51,54H,27-32H2,1-4H3,(H,50,55)(H,56,57)/t38?,40-,41-,42+,44+/m0/s1. The second kappa shape index (κ2) is 19.5. The second-order valence-corrected chi connectivity index (χ2v) is 16.3. The number of carboxylic acid groups (broad SMARTS) is 1. The molecule has 1 unspecified atom stereocenters. The summed E-state index contributed by atoms with van der Waals surface area (Å²) in [5.41, 5.74) is 4.75. The Hall–Kier alpha value is -6.20. The molecule has 59 heavy (non-hydrogen) atoms. The van der Waals surface area contributed by atoms with Crippen LogP contribution in [-0.4, -0.2) is 87.5 Å². The van der Waals surface area contributed by atoms with Crippen LogP contribution in [0, 0.1) is 5.41 Å². The van der Waals surface area contributed by atoms with Crippen LogP contribution in [0.5, 0.6) is 5.88 Å². The molecule has 5 aromatic rings. The van der Waals surface area contributed by atoms with Gasteiger partial charge in [0.15, 0.2) is 0 Å². The van der Waals surface area contributed by atoms with Crippen molar-refractivity contribution in [1.29, 1.82) is 0 Å². The van der Waals surface area contributed by atoms with Gasteiger partial charge in [-0.1, -0.05) is 142 Å². The number of hydrogen-bond acceptors (Lipinski definition) is 6. The lowest BCUT2D eigenvalue weighted by Crippen LogP contribution is -2.58. The number of nitrogens with zero attached hydrogens (tertiary/aromatic N) is 3. The zero-order valence-corrected chi connectivity index (χ0v) is 34.2. The predicted molar refractivity (Wildman–Crippen MR) is 229 cm³/mol. The fourth-order valence-corrected chi connectivity index (χ4v) is 8.06. The Balaban J connectivity index is 1.30. The lowest BCUT2D eigenvalue weighted by molar-refractivity contribution is -0.129. The average molecular weight is 798 g/mol. The van der Waals surface area contributed by atoms with Gasteiger partial charge in [-0.3, -0.25) is 4.79 Å². The summed E-state index contributed by atoms with van der Waals surface area (Å²) in [4.78, 5) is 49.1. The molecule has 1 aromatic heterocycles. The SMILES string of the molecule is COc1cccc(-c2ccc(C[C@H](NC(=O)O)[C@H](O)C[C@H](NC(=O)[C@@H](N3CCN(Cc4ccccc4)C3=O)C(C)(C)C)C(Cc3ccccc3)c3ccccc3)cc2)n1. The minimum atomic E-state index is -1.27. The molecule has 11 heteroatoms. The van der Waals surface area contributed by atoms with Crippen LogP contribution >= 0.6 is 0 Å². The van der Waals surface area contributed by atoms with Crippen LogP contribution in [0.15, 0.2) is 133 Å². The van der Waals surface area contributed by atoms with Crippen molar-refractivity contribution in [3.8, 4) is 17.1 Å². The van der Waals surface area contributed by atoms with E-state index >= 15 is 0 Å². The summed E-state index contributed by atoms with van der Waals surface area (Å²) in [5, 5.41) is 28.0. The molecule has 1 fully saturated rings. The van der Waals surface area contributed by atoms with E-state index in [1.807, 2.05) is 148 Å². The van der Waals surface area contributed by atoms with Crippen molar-refractivity contribution >= 4 is 18.0 Å². The monoisotopic (exact) mass is 797 g/mol. The summed E-state index contributed by atoms with van der Waals surface area (Å²) in [5.74, 6) is -0.154. The van der Waals surface area contributed by atoms with Gasteiger partial charge < -0.3 is 35.4 Å². The number of aliphatic hydroxyl groups excluding tert-OH is 1. The normalized spacial score (nSPS) is 15.5. The number of aliphatic hydroxyl groups is 1. The number of methoxy groups -OCH3 is 1. The molecule has 4 N–H and O–H groups in total. The van der Waals surface area contributed by atoms with Crippen molar-refractivity contribution in [2.24, 2.45) is 5.41 Å². The number of aromatic nitrogens is 1. The lowest BCUT2D eigenvalue weighted by atomic mass is 9.80. The predicted octanol–water partition coefficient (Wildman–Crippen LogP) is 7.55. The number of amides is 4. The van der Waals surface area contributed by atoms with Crippen LogP contribution in [0.3, 0.4) is 0 Å². The average Bonchev–Trinajstić information content (AvgIpc) is 3.57. The van der Waals surface area contributed by atoms with E-state index in [0.717, 1.165) is 33.5 Å². The molecule has 4 amide bonds. The highest BCUT2D eigenvalue weighted by molar-refractivity contribution is 5.89. The van der Waals surface area contributed by atoms with Gasteiger partial charge in [-0.05, 0) is 53.0 Å². The molecule has 1 aliphatic heterocycles. The molecular formula is C48H55N5O6. The Labute approximate surface area is 347 Å². The summed E-state index contributed by atoms with van der Waals surface area (Å²) in [6.45, 7) is 7.17. The van der Waals surface area contributed by atoms with Gasteiger partial charge in [-0.25, -0.2) is 14.6 Å². The van der Waals surface area contributed by atoms with Crippen LogP contribution in [0.1, 0.15) is 55.4 Å². The second-order valence-electron chi connectivity index (χ2n) is 16.3. The number of rotatable bonds is 17. The first kappa shape index (κ1) is 42.4. The summed E-state index contributed by atoms with van der Waals surface area (Å²) < 4.78 is 5.29. The van der Waals surface area contributed by atoms with Crippen molar-refractivity contribution in [2.75, 3.05) is 20.2 Å². The van der Waals surface area contributed by atoms with Gasteiger partial charge in [0.05, 0.1) is 24.9 Å². The molecule has 11 nitrogen and oxygen atoms in total. The molecule has 0 aliphatic carbocycles. The molecule has 308 valence electrons. The fraction of sp³-hybridized carbons (Fsp3) is 0.333. The van der Waals surface area contributed by atoms with Gasteiger partial charge in [-0.15, -0.1) is 0 Å². The maximum atomic E-state index is 14.9. The number of ether oxygens (including phenoxy) is 1. The minimum Gasteiger partial charge on any atom is -0.481 e. The van der Waals surface area contributed by atoms with E-state index in [1.165, 1.54) is 0 Å². The van der Waals surface area contributed by atoms with E-state index in [-0.39, 0.29) is 30.7 Å². The number of benzene rings is 4. The molecule has 4 aromatic carbocycles. The zero-order chi connectivity index (χ0) is 41.9. The molecule has 0 radical (unpaired) electrons. The summed E-state index contributed by atoms with van der Waals surface area (Å²) >= 11 is 0. The van der Waals surface area contributed by atoms with Crippen molar-refractivity contribution < 1.29 is 29.3 Å². The molecule has 5 atom stereocenters. The lowest BCUT2D eigenvalue weighted by Gasteiger charge is -2.39. The highest BCUT2D eigenvalue weighted by Gasteiger charge is 2.44. The first-order valence-corrected chi connectivity index (χ1v) is 20.2. The number of carbonyl (C=O) groups excluding carboxylic acids is 2. The summed E-state index contributed by atoms with van der Waals surface area (Å²) in [6.07, 6.45) is -1.72. The first-order chi connectivity index (χ1) is 28.4. The van der Waals surface area contributed by atoms with Gasteiger partial charge in [-0.2, -0.15) is 0 Å². The van der Waals surface area contributed by atoms with E-state index in [1.54, 1.807) is 23.0 Å². The Morgan fingerprint density at radius 1 is 0.746 bits per heavy atom. The molecule has 0 spiro atoms. The van der Waals surface area contributed by atoms with Crippen molar-refractivity contribution in [3.05, 3.63) is 156 Å². The fourth-order valence-electron chi connectivity index (χ4n) is 8.06. The van der Waals surface area contributed by atoms with Gasteiger partial charge in [0, 0.05) is 43.2 Å². The third kappa shape index (κ3) is 11.3. The molecule has 1 saturated heterocycles. The molecule has 0 saturated carbocycles. The molecular weight excluding hydrogens is 743 g/mol. The number of pyridine rings is 1. The topological polar surface area (TPSA) is 144 Å².